The van der Waals surface area contributed by atoms with Crippen molar-refractivity contribution >= 4 is 11.8 Å². The molecule has 22 heavy (non-hydrogen) atoms. The lowest BCUT2D eigenvalue weighted by atomic mass is 10.1. The van der Waals surface area contributed by atoms with Gasteiger partial charge in [-0.15, -0.1) is 4.91 Å². The van der Waals surface area contributed by atoms with Crippen LogP contribution < -0.4 is 5.32 Å². The van der Waals surface area contributed by atoms with Crippen LogP contribution in [0.1, 0.15) is 18.9 Å². The van der Waals surface area contributed by atoms with Gasteiger partial charge in [-0.25, -0.2) is 4.79 Å². The maximum Gasteiger partial charge on any atom is 0.407 e. The molecule has 1 aromatic carbocycles. The molecule has 0 radical (unpaired) electrons. The minimum Gasteiger partial charge on any atom is -0.445 e. The molecule has 0 bridgehead atoms. The molecule has 0 saturated heterocycles. The SMILES string of the molecule is C=C(N=O)[C@@H](C)CCNC(=O)OCc1ccc([N+](=O)[O-])cc1. The molecule has 118 valence electrons. The van der Waals surface area contributed by atoms with Gasteiger partial charge in [-0.2, -0.15) is 0 Å². The summed E-state index contributed by atoms with van der Waals surface area (Å²) in [6.45, 7) is 5.62. The fourth-order valence-corrected chi connectivity index (χ4v) is 1.56. The third-order valence-corrected chi connectivity index (χ3v) is 3.05. The normalized spacial score (nSPS) is 11.3. The Bertz CT molecular complexity index is 556. The summed E-state index contributed by atoms with van der Waals surface area (Å²) in [7, 11) is 0. The Hall–Kier alpha value is -2.77. The van der Waals surface area contributed by atoms with Gasteiger partial charge in [0.1, 0.15) is 6.61 Å². The van der Waals surface area contributed by atoms with Gasteiger partial charge in [0.05, 0.1) is 10.6 Å². The molecule has 8 heteroatoms. The lowest BCUT2D eigenvalue weighted by Crippen LogP contribution is -2.26. The average Bonchev–Trinajstić information content (AvgIpc) is 2.52. The van der Waals surface area contributed by atoms with Crippen molar-refractivity contribution in [2.24, 2.45) is 11.1 Å². The van der Waals surface area contributed by atoms with Gasteiger partial charge in [0, 0.05) is 24.6 Å². The number of carbonyl (C=O) groups excluding carboxylic acids is 1. The van der Waals surface area contributed by atoms with Crippen LogP contribution >= 0.6 is 0 Å². The molecular weight excluding hydrogens is 290 g/mol. The summed E-state index contributed by atoms with van der Waals surface area (Å²) in [4.78, 5) is 31.7. The molecule has 0 aliphatic carbocycles. The monoisotopic (exact) mass is 307 g/mol. The zero-order valence-electron chi connectivity index (χ0n) is 12.2. The lowest BCUT2D eigenvalue weighted by molar-refractivity contribution is -0.384. The first-order valence-corrected chi connectivity index (χ1v) is 6.60. The Labute approximate surface area is 127 Å². The number of benzene rings is 1. The highest BCUT2D eigenvalue weighted by Crippen LogP contribution is 2.13. The first-order chi connectivity index (χ1) is 10.4. The second-order valence-electron chi connectivity index (χ2n) is 4.70. The van der Waals surface area contributed by atoms with E-state index in [9.17, 15) is 19.8 Å². The second kappa shape index (κ2) is 8.50. The van der Waals surface area contributed by atoms with E-state index < -0.39 is 11.0 Å². The zero-order chi connectivity index (χ0) is 16.5. The number of hydrogen-bond donors (Lipinski definition) is 1. The first-order valence-electron chi connectivity index (χ1n) is 6.60. The molecule has 8 nitrogen and oxygen atoms in total. The van der Waals surface area contributed by atoms with Gasteiger partial charge in [-0.1, -0.05) is 13.5 Å². The van der Waals surface area contributed by atoms with Crippen LogP contribution in [0.3, 0.4) is 0 Å². The van der Waals surface area contributed by atoms with Gasteiger partial charge < -0.3 is 10.1 Å². The number of amides is 1. The van der Waals surface area contributed by atoms with E-state index in [1.807, 2.05) is 0 Å². The van der Waals surface area contributed by atoms with Crippen LogP contribution in [0.25, 0.3) is 0 Å². The molecule has 0 aromatic heterocycles. The third kappa shape index (κ3) is 5.70. The van der Waals surface area contributed by atoms with E-state index in [4.69, 9.17) is 4.74 Å². The minimum absolute atomic E-state index is 0.0159. The van der Waals surface area contributed by atoms with Crippen molar-refractivity contribution in [2.75, 3.05) is 6.54 Å². The molecule has 0 unspecified atom stereocenters. The lowest BCUT2D eigenvalue weighted by Gasteiger charge is -2.10. The maximum atomic E-state index is 11.5. The van der Waals surface area contributed by atoms with Crippen LogP contribution in [0, 0.1) is 20.9 Å². The van der Waals surface area contributed by atoms with E-state index in [0.29, 0.717) is 18.5 Å². The third-order valence-electron chi connectivity index (χ3n) is 3.05. The molecule has 1 amide bonds. The van der Waals surface area contributed by atoms with Crippen LogP contribution in [0.2, 0.25) is 0 Å². The number of nitroso groups, excluding NO2 is 1. The summed E-state index contributed by atoms with van der Waals surface area (Å²) in [5.41, 5.74) is 0.861. The standard InChI is InChI=1S/C14H17N3O5/c1-10(11(2)16-19)7-8-15-14(18)22-9-12-3-5-13(6-4-12)17(20)21/h3-6,10H,2,7-9H2,1H3,(H,15,18)/t10-/m0/s1. The number of ether oxygens (including phenoxy) is 1. The topological polar surface area (TPSA) is 111 Å². The van der Waals surface area contributed by atoms with Crippen molar-refractivity contribution in [1.82, 2.24) is 5.32 Å². The van der Waals surface area contributed by atoms with E-state index >= 15 is 0 Å². The molecule has 1 aromatic rings. The Morgan fingerprint density at radius 1 is 1.45 bits per heavy atom. The summed E-state index contributed by atoms with van der Waals surface area (Å²) in [5, 5.41) is 15.8. The number of nitro benzene ring substituents is 1. The quantitative estimate of drug-likeness (QED) is 0.450. The van der Waals surface area contributed by atoms with Crippen LogP contribution in [0.4, 0.5) is 10.5 Å². The number of non-ortho nitro benzene ring substituents is 1. The van der Waals surface area contributed by atoms with Gasteiger partial charge in [0.25, 0.3) is 5.69 Å². The molecule has 1 atom stereocenters. The van der Waals surface area contributed by atoms with Crippen LogP contribution in [0.5, 0.6) is 0 Å². The maximum absolute atomic E-state index is 11.5. The van der Waals surface area contributed by atoms with Gasteiger partial charge in [-0.05, 0) is 29.3 Å². The Kier molecular flexibility index (Phi) is 6.68. The van der Waals surface area contributed by atoms with E-state index in [2.05, 4.69) is 17.1 Å². The van der Waals surface area contributed by atoms with Gasteiger partial charge in [0.15, 0.2) is 0 Å². The predicted molar refractivity (Wildman–Crippen MR) is 80.0 cm³/mol. The highest BCUT2D eigenvalue weighted by Gasteiger charge is 2.09. The summed E-state index contributed by atoms with van der Waals surface area (Å²) in [6, 6.07) is 5.73. The van der Waals surface area contributed by atoms with Crippen LogP contribution in [0.15, 0.2) is 41.7 Å². The highest BCUT2D eigenvalue weighted by atomic mass is 16.6. The molecule has 0 heterocycles. The van der Waals surface area contributed by atoms with Crippen LogP contribution in [-0.2, 0) is 11.3 Å². The number of hydrogen-bond acceptors (Lipinski definition) is 6. The largest absolute Gasteiger partial charge is 0.445 e. The van der Waals surface area contributed by atoms with Crippen molar-refractivity contribution < 1.29 is 14.5 Å². The molecular formula is C14H17N3O5. The molecule has 0 aliphatic rings. The minimum atomic E-state index is -0.602. The van der Waals surface area contributed by atoms with Crippen molar-refractivity contribution in [2.45, 2.75) is 20.0 Å². The Balaban J connectivity index is 2.29. The van der Waals surface area contributed by atoms with E-state index in [-0.39, 0.29) is 23.9 Å². The van der Waals surface area contributed by atoms with Crippen molar-refractivity contribution in [3.05, 3.63) is 57.1 Å². The highest BCUT2D eigenvalue weighted by molar-refractivity contribution is 5.67. The smallest absolute Gasteiger partial charge is 0.407 e. The van der Waals surface area contributed by atoms with Crippen LogP contribution in [-0.4, -0.2) is 17.6 Å². The fraction of sp³-hybridized carbons (Fsp3) is 0.357. The summed E-state index contributed by atoms with van der Waals surface area (Å²) >= 11 is 0. The number of rotatable bonds is 8. The molecule has 1 rings (SSSR count). The van der Waals surface area contributed by atoms with Gasteiger partial charge in [0.2, 0.25) is 0 Å². The molecule has 1 N–H and O–H groups in total. The molecule has 0 aliphatic heterocycles. The second-order valence-corrected chi connectivity index (χ2v) is 4.70. The average molecular weight is 307 g/mol. The number of alkyl carbamates (subject to hydrolysis) is 1. The van der Waals surface area contributed by atoms with E-state index in [1.165, 1.54) is 24.3 Å². The van der Waals surface area contributed by atoms with E-state index in [1.54, 1.807) is 6.92 Å². The summed E-state index contributed by atoms with van der Waals surface area (Å²) < 4.78 is 4.97. The number of allylic oxidation sites excluding steroid dienone is 1. The summed E-state index contributed by atoms with van der Waals surface area (Å²) in [5.74, 6) is -0.118. The first kappa shape index (κ1) is 17.3. The molecule has 0 saturated carbocycles. The number of nitro groups is 1. The Morgan fingerprint density at radius 2 is 2.09 bits per heavy atom. The van der Waals surface area contributed by atoms with E-state index in [0.717, 1.165) is 0 Å². The van der Waals surface area contributed by atoms with Gasteiger partial charge >= 0.3 is 6.09 Å². The Morgan fingerprint density at radius 3 is 2.64 bits per heavy atom. The van der Waals surface area contributed by atoms with Crippen molar-refractivity contribution in [3.63, 3.8) is 0 Å². The van der Waals surface area contributed by atoms with Gasteiger partial charge in [-0.3, -0.25) is 10.1 Å². The molecule has 0 spiro atoms. The number of nitrogens with zero attached hydrogens (tertiary/aromatic N) is 2. The number of carbonyl (C=O) groups is 1. The van der Waals surface area contributed by atoms with Crippen molar-refractivity contribution in [3.8, 4) is 0 Å². The fourth-order valence-electron chi connectivity index (χ4n) is 1.56. The predicted octanol–water partition coefficient (Wildman–Crippen LogP) is 3.13. The zero-order valence-corrected chi connectivity index (χ0v) is 12.2. The molecule has 0 fully saturated rings. The number of nitrogens with one attached hydrogen (secondary N) is 1. The summed E-state index contributed by atoms with van der Waals surface area (Å²) in [6.07, 6.45) is -0.0766. The van der Waals surface area contributed by atoms with Crippen molar-refractivity contribution in [1.29, 1.82) is 0 Å².